The Morgan fingerprint density at radius 3 is 2.17 bits per heavy atom. The summed E-state index contributed by atoms with van der Waals surface area (Å²) in [6, 6.07) is 7.90. The molecule has 0 fully saturated rings. The highest BCUT2D eigenvalue weighted by Crippen LogP contribution is 2.06. The van der Waals surface area contributed by atoms with Crippen LogP contribution < -0.4 is 16.6 Å². The Labute approximate surface area is 73.9 Å². The Kier molecular flexibility index (Phi) is 6.05. The zero-order valence-electron chi connectivity index (χ0n) is 7.89. The molecule has 3 nitrogen and oxygen atoms in total. The molecule has 68 valence electrons. The molecule has 0 saturated heterocycles. The van der Waals surface area contributed by atoms with Crippen LogP contribution in [0.3, 0.4) is 0 Å². The minimum Gasteiger partial charge on any atom is -0.324 e. The maximum Gasteiger partial charge on any atom is 0.0487 e. The van der Waals surface area contributed by atoms with E-state index < -0.39 is 0 Å². The average molecular weight is 167 g/mol. The summed E-state index contributed by atoms with van der Waals surface area (Å²) in [5.74, 6) is 5.17. The molecule has 4 N–H and O–H groups in total. The topological polar surface area (TPSA) is 50.1 Å². The first-order chi connectivity index (χ1) is 5.74. The van der Waals surface area contributed by atoms with Gasteiger partial charge in [0.2, 0.25) is 0 Å². The van der Waals surface area contributed by atoms with Crippen molar-refractivity contribution in [2.24, 2.45) is 5.84 Å². The highest BCUT2D eigenvalue weighted by atomic mass is 15.2. The van der Waals surface area contributed by atoms with Crippen LogP contribution in [0.5, 0.6) is 0 Å². The number of nitrogens with one attached hydrogen (secondary N) is 2. The third-order valence-corrected chi connectivity index (χ3v) is 1.18. The molecule has 0 radical (unpaired) electrons. The number of benzene rings is 1. The number of nitrogens with two attached hydrogens (primary N) is 1. The molecule has 1 aromatic rings. The smallest absolute Gasteiger partial charge is 0.0487 e. The van der Waals surface area contributed by atoms with Gasteiger partial charge in [-0.1, -0.05) is 12.1 Å². The molecule has 1 rings (SSSR count). The minimum absolute atomic E-state index is 0.954. The van der Waals surface area contributed by atoms with Crippen molar-refractivity contribution < 1.29 is 0 Å². The van der Waals surface area contributed by atoms with E-state index in [0.29, 0.717) is 0 Å². The molecule has 0 amide bonds. The molecule has 0 aliphatic rings. The molecule has 1 aromatic carbocycles. The Morgan fingerprint density at radius 2 is 1.83 bits per heavy atom. The van der Waals surface area contributed by atoms with Crippen molar-refractivity contribution in [3.63, 3.8) is 0 Å². The van der Waals surface area contributed by atoms with Crippen LogP contribution in [0.2, 0.25) is 0 Å². The second-order valence-electron chi connectivity index (χ2n) is 2.51. The molecule has 0 bridgehead atoms. The Morgan fingerprint density at radius 1 is 1.25 bits per heavy atom. The summed E-state index contributed by atoms with van der Waals surface area (Å²) < 4.78 is 0. The highest BCUT2D eigenvalue weighted by molar-refractivity contribution is 5.43. The van der Waals surface area contributed by atoms with Gasteiger partial charge < -0.3 is 10.7 Å². The standard InChI is InChI=1S/C7H10N2.C2H7N/c1-6-3-2-4-7(5-6)9-8;1-3-2/h2-5,9H,8H2,1H3;3H,1-2H3. The van der Waals surface area contributed by atoms with E-state index in [1.54, 1.807) is 0 Å². The van der Waals surface area contributed by atoms with Gasteiger partial charge in [-0.2, -0.15) is 0 Å². The fraction of sp³-hybridized carbons (Fsp3) is 0.333. The zero-order valence-corrected chi connectivity index (χ0v) is 7.89. The van der Waals surface area contributed by atoms with Crippen LogP contribution in [0, 0.1) is 6.92 Å². The van der Waals surface area contributed by atoms with E-state index in [9.17, 15) is 0 Å². The van der Waals surface area contributed by atoms with Gasteiger partial charge in [-0.15, -0.1) is 0 Å². The van der Waals surface area contributed by atoms with Crippen LogP contribution in [-0.4, -0.2) is 14.1 Å². The lowest BCUT2D eigenvalue weighted by atomic mass is 10.2. The monoisotopic (exact) mass is 167 g/mol. The van der Waals surface area contributed by atoms with Crippen LogP contribution in [0.4, 0.5) is 5.69 Å². The minimum atomic E-state index is 0.954. The van der Waals surface area contributed by atoms with E-state index in [1.807, 2.05) is 45.3 Å². The summed E-state index contributed by atoms with van der Waals surface area (Å²) in [6.45, 7) is 2.03. The van der Waals surface area contributed by atoms with Crippen molar-refractivity contribution >= 4 is 5.69 Å². The number of hydrazine groups is 1. The molecule has 0 aromatic heterocycles. The molecular weight excluding hydrogens is 150 g/mol. The summed E-state index contributed by atoms with van der Waals surface area (Å²) in [5.41, 5.74) is 4.73. The van der Waals surface area contributed by atoms with Crippen LogP contribution in [0.1, 0.15) is 5.56 Å². The van der Waals surface area contributed by atoms with E-state index in [2.05, 4.69) is 10.7 Å². The summed E-state index contributed by atoms with van der Waals surface area (Å²) in [5, 5.41) is 2.75. The van der Waals surface area contributed by atoms with Crippen molar-refractivity contribution in [1.82, 2.24) is 5.32 Å². The maximum atomic E-state index is 5.17. The van der Waals surface area contributed by atoms with Gasteiger partial charge in [0.25, 0.3) is 0 Å². The fourth-order valence-electron chi connectivity index (χ4n) is 0.735. The van der Waals surface area contributed by atoms with Gasteiger partial charge in [-0.05, 0) is 38.7 Å². The molecule has 0 aliphatic carbocycles. The first kappa shape index (κ1) is 10.9. The van der Waals surface area contributed by atoms with E-state index in [1.165, 1.54) is 5.56 Å². The molecule has 0 unspecified atom stereocenters. The predicted octanol–water partition coefficient (Wildman–Crippen LogP) is 1.12. The van der Waals surface area contributed by atoms with Crippen LogP contribution >= 0.6 is 0 Å². The van der Waals surface area contributed by atoms with Crippen molar-refractivity contribution in [3.8, 4) is 0 Å². The summed E-state index contributed by atoms with van der Waals surface area (Å²) >= 11 is 0. The van der Waals surface area contributed by atoms with Gasteiger partial charge in [0.15, 0.2) is 0 Å². The SMILES string of the molecule is CNC.Cc1cccc(NN)c1. The molecule has 0 atom stereocenters. The number of anilines is 1. The molecule has 0 heterocycles. The summed E-state index contributed by atoms with van der Waals surface area (Å²) in [4.78, 5) is 0. The van der Waals surface area contributed by atoms with Crippen molar-refractivity contribution in [1.29, 1.82) is 0 Å². The third kappa shape index (κ3) is 4.71. The number of hydrogen-bond donors (Lipinski definition) is 3. The van der Waals surface area contributed by atoms with E-state index >= 15 is 0 Å². The van der Waals surface area contributed by atoms with Gasteiger partial charge >= 0.3 is 0 Å². The van der Waals surface area contributed by atoms with E-state index in [-0.39, 0.29) is 0 Å². The number of aryl methyl sites for hydroxylation is 1. The van der Waals surface area contributed by atoms with Crippen LogP contribution in [0.25, 0.3) is 0 Å². The number of rotatable bonds is 1. The quantitative estimate of drug-likeness (QED) is 0.434. The first-order valence-electron chi connectivity index (χ1n) is 3.86. The Balaban J connectivity index is 0.000000354. The van der Waals surface area contributed by atoms with Crippen LogP contribution in [-0.2, 0) is 0 Å². The first-order valence-corrected chi connectivity index (χ1v) is 3.86. The number of nitrogen functional groups attached to an aromatic ring is 1. The van der Waals surface area contributed by atoms with Gasteiger partial charge in [0, 0.05) is 5.69 Å². The largest absolute Gasteiger partial charge is 0.324 e. The highest BCUT2D eigenvalue weighted by Gasteiger charge is 1.85. The lowest BCUT2D eigenvalue weighted by Gasteiger charge is -1.98. The normalized spacial score (nSPS) is 8.33. The summed E-state index contributed by atoms with van der Waals surface area (Å²) in [6.07, 6.45) is 0. The summed E-state index contributed by atoms with van der Waals surface area (Å²) in [7, 11) is 3.75. The molecule has 0 spiro atoms. The Bertz CT molecular complexity index is 211. The van der Waals surface area contributed by atoms with E-state index in [4.69, 9.17) is 5.84 Å². The van der Waals surface area contributed by atoms with Crippen molar-refractivity contribution in [2.75, 3.05) is 19.5 Å². The van der Waals surface area contributed by atoms with Crippen molar-refractivity contribution in [2.45, 2.75) is 6.92 Å². The third-order valence-electron chi connectivity index (χ3n) is 1.18. The lowest BCUT2D eigenvalue weighted by molar-refractivity contribution is 1.02. The fourth-order valence-corrected chi connectivity index (χ4v) is 0.735. The van der Waals surface area contributed by atoms with Crippen molar-refractivity contribution in [3.05, 3.63) is 29.8 Å². The molecule has 3 heteroatoms. The second kappa shape index (κ2) is 6.64. The van der Waals surface area contributed by atoms with Crippen LogP contribution in [0.15, 0.2) is 24.3 Å². The number of hydrogen-bond acceptors (Lipinski definition) is 3. The molecule has 0 saturated carbocycles. The molecular formula is C9H17N3. The maximum absolute atomic E-state index is 5.17. The zero-order chi connectivity index (χ0) is 9.40. The van der Waals surface area contributed by atoms with E-state index in [0.717, 1.165) is 5.69 Å². The lowest BCUT2D eigenvalue weighted by Crippen LogP contribution is -2.06. The van der Waals surface area contributed by atoms with Gasteiger partial charge in [0.1, 0.15) is 0 Å². The van der Waals surface area contributed by atoms with Gasteiger partial charge in [0.05, 0.1) is 0 Å². The molecule has 0 aliphatic heterocycles. The van der Waals surface area contributed by atoms with Gasteiger partial charge in [-0.3, -0.25) is 5.84 Å². The average Bonchev–Trinajstić information content (AvgIpc) is 2.06. The molecule has 12 heavy (non-hydrogen) atoms. The van der Waals surface area contributed by atoms with Gasteiger partial charge in [-0.25, -0.2) is 0 Å². The second-order valence-corrected chi connectivity index (χ2v) is 2.51. The Hall–Kier alpha value is -1.06. The predicted molar refractivity (Wildman–Crippen MR) is 54.0 cm³/mol.